The lowest BCUT2D eigenvalue weighted by Gasteiger charge is -2.27. The monoisotopic (exact) mass is 668 g/mol. The van der Waals surface area contributed by atoms with E-state index in [1.54, 1.807) is 4.90 Å². The Balaban J connectivity index is 0.00000676. The van der Waals surface area contributed by atoms with Crippen molar-refractivity contribution in [2.45, 2.75) is 51.6 Å². The Hall–Kier alpha value is -5.11. The van der Waals surface area contributed by atoms with Crippen LogP contribution in [0.3, 0.4) is 0 Å². The molecule has 0 bridgehead atoms. The Kier molecular flexibility index (Phi) is 13.8. The van der Waals surface area contributed by atoms with Crippen molar-refractivity contribution < 1.29 is 30.0 Å². The molecule has 10 heteroatoms. The second kappa shape index (κ2) is 18.4. The molecule has 1 aliphatic rings. The number of carbonyl (C=O) groups is 3. The number of nitrogens with zero attached hydrogens (tertiary/aromatic N) is 1. The maximum Gasteiger partial charge on any atom is 0.227 e. The molecule has 1 heterocycles. The fourth-order valence-corrected chi connectivity index (χ4v) is 5.09. The van der Waals surface area contributed by atoms with Crippen LogP contribution in [0.1, 0.15) is 63.2 Å². The van der Waals surface area contributed by atoms with Crippen LogP contribution in [0.5, 0.6) is 5.75 Å². The van der Waals surface area contributed by atoms with Crippen LogP contribution in [-0.4, -0.2) is 62.8 Å². The van der Waals surface area contributed by atoms with Crippen molar-refractivity contribution in [1.82, 2.24) is 10.6 Å². The van der Waals surface area contributed by atoms with Gasteiger partial charge in [0.25, 0.3) is 0 Å². The molecule has 1 aliphatic heterocycles. The van der Waals surface area contributed by atoms with Crippen molar-refractivity contribution in [3.8, 4) is 17.6 Å². The molecule has 3 aromatic rings. The molecule has 0 atom stereocenters. The summed E-state index contributed by atoms with van der Waals surface area (Å²) in [5.41, 5.74) is 9.75. The maximum atomic E-state index is 13.4. The third kappa shape index (κ3) is 12.1. The smallest absolute Gasteiger partial charge is 0.227 e. The van der Waals surface area contributed by atoms with Gasteiger partial charge in [-0.15, -0.1) is 0 Å². The number of anilines is 1. The molecule has 3 aromatic carbocycles. The van der Waals surface area contributed by atoms with Gasteiger partial charge in [-0.2, -0.15) is 0 Å². The predicted molar refractivity (Wildman–Crippen MR) is 193 cm³/mol. The van der Waals surface area contributed by atoms with E-state index in [1.165, 1.54) is 0 Å². The zero-order chi connectivity index (χ0) is 35.1. The number of ether oxygens (including phenoxy) is 3. The second-order valence-electron chi connectivity index (χ2n) is 12.4. The Morgan fingerprint density at radius 3 is 2.33 bits per heavy atom. The van der Waals surface area contributed by atoms with Gasteiger partial charge in [0.2, 0.25) is 17.7 Å². The number of carbonyl (C=O) groups excluding carboxylic acids is 3. The zero-order valence-electron chi connectivity index (χ0n) is 28.4. The number of nitrogens with one attached hydrogen (secondary N) is 2. The number of fused-ring (bicyclic) bond motifs is 2. The normalized spacial score (nSPS) is 11.9. The van der Waals surface area contributed by atoms with Gasteiger partial charge in [-0.25, -0.2) is 0 Å². The number of rotatable bonds is 18. The summed E-state index contributed by atoms with van der Waals surface area (Å²) in [7, 11) is 0. The lowest BCUT2D eigenvalue weighted by Crippen LogP contribution is -2.47. The third-order valence-electron chi connectivity index (χ3n) is 7.66. The average molecular weight is 669 g/mol. The molecule has 0 saturated heterocycles. The van der Waals surface area contributed by atoms with E-state index >= 15 is 0 Å². The molecule has 3 amide bonds. The molecule has 10 nitrogen and oxygen atoms in total. The molecule has 260 valence electrons. The van der Waals surface area contributed by atoms with Crippen LogP contribution in [0.25, 0.3) is 5.70 Å². The van der Waals surface area contributed by atoms with Crippen LogP contribution in [0, 0.1) is 11.8 Å². The van der Waals surface area contributed by atoms with Crippen molar-refractivity contribution in [3.63, 3.8) is 0 Å². The van der Waals surface area contributed by atoms with Crippen molar-refractivity contribution in [3.05, 3.63) is 102 Å². The summed E-state index contributed by atoms with van der Waals surface area (Å²) in [5, 5.41) is 5.82. The van der Waals surface area contributed by atoms with Gasteiger partial charge in [-0.05, 0) is 73.9 Å². The molecule has 4 N–H and O–H groups in total. The molecule has 0 spiro atoms. The van der Waals surface area contributed by atoms with Crippen molar-refractivity contribution in [2.75, 3.05) is 44.5 Å². The van der Waals surface area contributed by atoms with E-state index < -0.39 is 5.54 Å². The number of hydrogen-bond donors (Lipinski definition) is 3. The van der Waals surface area contributed by atoms with Crippen LogP contribution < -0.4 is 26.0 Å². The van der Waals surface area contributed by atoms with Crippen molar-refractivity contribution >= 4 is 29.1 Å². The molecule has 0 saturated carbocycles. The quantitative estimate of drug-likeness (QED) is 0.131. The minimum Gasteiger partial charge on any atom is -0.494 e. The van der Waals surface area contributed by atoms with E-state index in [0.717, 1.165) is 33.7 Å². The van der Waals surface area contributed by atoms with Crippen LogP contribution in [0.4, 0.5) is 5.69 Å². The molecule has 0 unspecified atom stereocenters. The minimum atomic E-state index is -0.644. The first-order chi connectivity index (χ1) is 23.6. The molecule has 0 radical (unpaired) electrons. The lowest BCUT2D eigenvalue weighted by molar-refractivity contribution is -0.127. The van der Waals surface area contributed by atoms with Crippen LogP contribution >= 0.6 is 0 Å². The maximum absolute atomic E-state index is 13.4. The first-order valence-corrected chi connectivity index (χ1v) is 16.5. The Morgan fingerprint density at radius 1 is 0.857 bits per heavy atom. The van der Waals surface area contributed by atoms with Gasteiger partial charge < -0.3 is 35.5 Å². The van der Waals surface area contributed by atoms with E-state index in [9.17, 15) is 14.4 Å². The lowest BCUT2D eigenvalue weighted by atomic mass is 10.0. The van der Waals surface area contributed by atoms with E-state index in [-0.39, 0.29) is 51.6 Å². The SMILES string of the molecule is C=C(N)c1ccc(OCCCNC(=O)CCOCCOCC(C)(C)NC(=O)CCC(=O)N2Cc3ccccc3C#Cc3ccccc32)cc1.[HH]. The van der Waals surface area contributed by atoms with Gasteiger partial charge in [0.15, 0.2) is 0 Å². The summed E-state index contributed by atoms with van der Waals surface area (Å²) in [4.78, 5) is 40.0. The highest BCUT2D eigenvalue weighted by Crippen LogP contribution is 2.26. The molecular formula is C39H48N4O6. The second-order valence-corrected chi connectivity index (χ2v) is 12.4. The molecule has 0 fully saturated rings. The topological polar surface area (TPSA) is 132 Å². The standard InChI is InChI=1S/C39H46N4O6.H2/c1-29(40)30-15-17-34(18-16-30)49-23-8-22-41-36(44)21-24-47-25-26-48-28-39(2,3)42-37(45)19-20-38(46)43-27-33-11-5-4-9-31(33)13-14-32-10-6-7-12-35(32)43;/h4-7,9-12,15-18H,1,8,19-28,40H2,2-3H3,(H,41,44)(H,42,45);1H. The number of amides is 3. The van der Waals surface area contributed by atoms with E-state index in [0.29, 0.717) is 45.0 Å². The van der Waals surface area contributed by atoms with Crippen LogP contribution in [0.15, 0.2) is 79.4 Å². The van der Waals surface area contributed by atoms with Gasteiger partial charge >= 0.3 is 0 Å². The fourth-order valence-electron chi connectivity index (χ4n) is 5.09. The fraction of sp³-hybridized carbons (Fsp3) is 0.359. The number of nitrogens with two attached hydrogens (primary N) is 1. The first-order valence-electron chi connectivity index (χ1n) is 16.5. The highest BCUT2D eigenvalue weighted by molar-refractivity contribution is 5.97. The highest BCUT2D eigenvalue weighted by Gasteiger charge is 2.24. The van der Waals surface area contributed by atoms with Gasteiger partial charge in [-0.3, -0.25) is 14.4 Å². The molecule has 49 heavy (non-hydrogen) atoms. The number of hydrogen-bond acceptors (Lipinski definition) is 7. The largest absolute Gasteiger partial charge is 0.494 e. The average Bonchev–Trinajstić information content (AvgIpc) is 3.07. The van der Waals surface area contributed by atoms with Gasteiger partial charge in [0, 0.05) is 44.1 Å². The van der Waals surface area contributed by atoms with Crippen molar-refractivity contribution in [2.24, 2.45) is 5.73 Å². The third-order valence-corrected chi connectivity index (χ3v) is 7.66. The molecule has 0 aromatic heterocycles. The van der Waals surface area contributed by atoms with Crippen LogP contribution in [0.2, 0.25) is 0 Å². The van der Waals surface area contributed by atoms with E-state index in [2.05, 4.69) is 29.1 Å². The number of benzene rings is 3. The van der Waals surface area contributed by atoms with Gasteiger partial charge in [0.05, 0.1) is 50.8 Å². The summed E-state index contributed by atoms with van der Waals surface area (Å²) in [5.74, 6) is 6.67. The van der Waals surface area contributed by atoms with Crippen molar-refractivity contribution in [1.29, 1.82) is 0 Å². The Bertz CT molecular complexity index is 1660. The summed E-state index contributed by atoms with van der Waals surface area (Å²) in [6.45, 7) is 9.97. The van der Waals surface area contributed by atoms with Crippen LogP contribution in [-0.2, 0) is 30.4 Å². The molecular weight excluding hydrogens is 620 g/mol. The summed E-state index contributed by atoms with van der Waals surface area (Å²) in [6.07, 6.45) is 1.02. The summed E-state index contributed by atoms with van der Waals surface area (Å²) >= 11 is 0. The summed E-state index contributed by atoms with van der Waals surface area (Å²) < 4.78 is 16.9. The predicted octanol–water partition coefficient (Wildman–Crippen LogP) is 4.79. The number of para-hydroxylation sites is 1. The van der Waals surface area contributed by atoms with E-state index in [1.807, 2.05) is 86.6 Å². The highest BCUT2D eigenvalue weighted by atomic mass is 16.5. The molecule has 4 rings (SSSR count). The Labute approximate surface area is 290 Å². The Morgan fingerprint density at radius 2 is 1.55 bits per heavy atom. The first kappa shape index (κ1) is 36.7. The summed E-state index contributed by atoms with van der Waals surface area (Å²) in [6, 6.07) is 22.7. The zero-order valence-corrected chi connectivity index (χ0v) is 28.4. The molecule has 0 aliphatic carbocycles. The van der Waals surface area contributed by atoms with E-state index in [4.69, 9.17) is 19.9 Å². The minimum absolute atomic E-state index is 0. The van der Waals surface area contributed by atoms with Gasteiger partial charge in [-0.1, -0.05) is 48.8 Å². The van der Waals surface area contributed by atoms with Gasteiger partial charge in [0.1, 0.15) is 5.75 Å².